The Morgan fingerprint density at radius 1 is 1.14 bits per heavy atom. The molecule has 1 aliphatic heterocycles. The Bertz CT molecular complexity index is 620. The van der Waals surface area contributed by atoms with E-state index in [9.17, 15) is 0 Å². The second kappa shape index (κ2) is 5.68. The molecule has 3 nitrogen and oxygen atoms in total. The molecule has 3 heteroatoms. The van der Waals surface area contributed by atoms with Crippen LogP contribution in [0.25, 0.3) is 0 Å². The molecule has 2 aromatic carbocycles. The topological polar surface area (TPSA) is 30.5 Å². The molecule has 0 radical (unpaired) electrons. The van der Waals surface area contributed by atoms with E-state index in [0.29, 0.717) is 0 Å². The molecule has 110 valence electrons. The van der Waals surface area contributed by atoms with E-state index < -0.39 is 0 Å². The quantitative estimate of drug-likeness (QED) is 0.909. The van der Waals surface area contributed by atoms with E-state index in [1.807, 2.05) is 32.0 Å². The molecule has 1 aliphatic rings. The molecule has 1 heterocycles. The molecule has 1 atom stereocenters. The molecule has 0 saturated carbocycles. The minimum atomic E-state index is 0.0340. The van der Waals surface area contributed by atoms with Crippen LogP contribution < -0.4 is 14.8 Å². The summed E-state index contributed by atoms with van der Waals surface area (Å²) in [6, 6.07) is 14.3. The molecule has 0 saturated heterocycles. The Morgan fingerprint density at radius 2 is 1.90 bits per heavy atom. The van der Waals surface area contributed by atoms with Gasteiger partial charge in [0.25, 0.3) is 0 Å². The maximum atomic E-state index is 6.17. The normalized spacial score (nSPS) is 16.9. The number of benzene rings is 2. The van der Waals surface area contributed by atoms with Crippen molar-refractivity contribution in [1.82, 2.24) is 0 Å². The highest BCUT2D eigenvalue weighted by molar-refractivity contribution is 5.61. The van der Waals surface area contributed by atoms with Crippen LogP contribution in [0.2, 0.25) is 0 Å². The summed E-state index contributed by atoms with van der Waals surface area (Å²) >= 11 is 0. The van der Waals surface area contributed by atoms with E-state index in [4.69, 9.17) is 9.47 Å². The Kier molecular flexibility index (Phi) is 3.74. The molecule has 1 N–H and O–H groups in total. The van der Waals surface area contributed by atoms with Gasteiger partial charge in [0.2, 0.25) is 0 Å². The van der Waals surface area contributed by atoms with Gasteiger partial charge in [-0.05, 0) is 50.1 Å². The molecule has 3 rings (SSSR count). The number of aryl methyl sites for hydroxylation is 1. The monoisotopic (exact) mass is 283 g/mol. The van der Waals surface area contributed by atoms with E-state index >= 15 is 0 Å². The van der Waals surface area contributed by atoms with Gasteiger partial charge in [0.1, 0.15) is 17.6 Å². The highest BCUT2D eigenvalue weighted by Gasteiger charge is 2.22. The average Bonchev–Trinajstić information content (AvgIpc) is 2.48. The van der Waals surface area contributed by atoms with Crippen molar-refractivity contribution in [3.63, 3.8) is 0 Å². The molecular weight excluding hydrogens is 262 g/mol. The fourth-order valence-electron chi connectivity index (χ4n) is 2.55. The Balaban J connectivity index is 1.78. The number of ether oxygens (including phenoxy) is 2. The van der Waals surface area contributed by atoms with Crippen molar-refractivity contribution in [2.75, 3.05) is 11.9 Å². The largest absolute Gasteiger partial charge is 0.491 e. The summed E-state index contributed by atoms with van der Waals surface area (Å²) in [6.07, 6.45) is 0.227. The number of para-hydroxylation sites is 1. The minimum Gasteiger partial charge on any atom is -0.491 e. The van der Waals surface area contributed by atoms with Crippen molar-refractivity contribution in [3.05, 3.63) is 53.6 Å². The third kappa shape index (κ3) is 2.97. The Labute approximate surface area is 125 Å². The summed E-state index contributed by atoms with van der Waals surface area (Å²) in [5, 5.41) is 3.44. The first-order valence-electron chi connectivity index (χ1n) is 7.40. The van der Waals surface area contributed by atoms with Crippen LogP contribution >= 0.6 is 0 Å². The van der Waals surface area contributed by atoms with E-state index in [0.717, 1.165) is 34.9 Å². The number of fused-ring (bicyclic) bond motifs is 1. The number of nitrogens with one attached hydrogen (secondary N) is 1. The van der Waals surface area contributed by atoms with E-state index in [-0.39, 0.29) is 12.2 Å². The summed E-state index contributed by atoms with van der Waals surface area (Å²) in [5.41, 5.74) is 3.39. The van der Waals surface area contributed by atoms with Crippen LogP contribution in [0, 0.1) is 6.92 Å². The van der Waals surface area contributed by atoms with Crippen LogP contribution in [0.5, 0.6) is 11.5 Å². The molecule has 1 unspecified atom stereocenters. The second-order valence-corrected chi connectivity index (χ2v) is 5.67. The molecule has 21 heavy (non-hydrogen) atoms. The fraction of sp³-hybridized carbons (Fsp3) is 0.333. The van der Waals surface area contributed by atoms with Crippen molar-refractivity contribution in [1.29, 1.82) is 0 Å². The van der Waals surface area contributed by atoms with Gasteiger partial charge in [0.05, 0.1) is 18.3 Å². The van der Waals surface area contributed by atoms with Gasteiger partial charge >= 0.3 is 0 Å². The average molecular weight is 283 g/mol. The lowest BCUT2D eigenvalue weighted by atomic mass is 10.1. The van der Waals surface area contributed by atoms with Crippen LogP contribution in [0.15, 0.2) is 42.5 Å². The lowest BCUT2D eigenvalue weighted by molar-refractivity contribution is 0.208. The highest BCUT2D eigenvalue weighted by atomic mass is 16.5. The molecule has 0 spiro atoms. The second-order valence-electron chi connectivity index (χ2n) is 5.67. The standard InChI is InChI=1S/C18H21NO2/c1-12(2)20-15-9-7-14(8-10-15)17-11-19-16-6-4-5-13(3)18(16)21-17/h4-10,12,17,19H,11H2,1-3H3. The smallest absolute Gasteiger partial charge is 0.146 e. The zero-order valence-corrected chi connectivity index (χ0v) is 12.7. The molecule has 0 fully saturated rings. The van der Waals surface area contributed by atoms with Gasteiger partial charge in [-0.15, -0.1) is 0 Å². The number of hydrogen-bond acceptors (Lipinski definition) is 3. The first kappa shape index (κ1) is 13.8. The van der Waals surface area contributed by atoms with Gasteiger partial charge in [-0.3, -0.25) is 0 Å². The van der Waals surface area contributed by atoms with Crippen molar-refractivity contribution in [2.24, 2.45) is 0 Å². The van der Waals surface area contributed by atoms with Crippen molar-refractivity contribution < 1.29 is 9.47 Å². The number of anilines is 1. The molecule has 0 amide bonds. The van der Waals surface area contributed by atoms with Gasteiger partial charge in [-0.25, -0.2) is 0 Å². The predicted molar refractivity (Wildman–Crippen MR) is 85.2 cm³/mol. The molecule has 0 bridgehead atoms. The predicted octanol–water partition coefficient (Wildman–Crippen LogP) is 4.33. The third-order valence-corrected chi connectivity index (χ3v) is 3.57. The van der Waals surface area contributed by atoms with Crippen molar-refractivity contribution in [3.8, 4) is 11.5 Å². The summed E-state index contributed by atoms with van der Waals surface area (Å²) in [6.45, 7) is 6.91. The van der Waals surface area contributed by atoms with Gasteiger partial charge in [0.15, 0.2) is 0 Å². The van der Waals surface area contributed by atoms with Gasteiger partial charge in [-0.2, -0.15) is 0 Å². The lowest BCUT2D eigenvalue weighted by Crippen LogP contribution is -2.24. The van der Waals surface area contributed by atoms with E-state index in [1.54, 1.807) is 0 Å². The summed E-state index contributed by atoms with van der Waals surface area (Å²) in [5.74, 6) is 1.85. The van der Waals surface area contributed by atoms with Gasteiger partial charge in [0, 0.05) is 0 Å². The lowest BCUT2D eigenvalue weighted by Gasteiger charge is -2.29. The van der Waals surface area contributed by atoms with Gasteiger partial charge < -0.3 is 14.8 Å². The summed E-state index contributed by atoms with van der Waals surface area (Å²) < 4.78 is 11.8. The minimum absolute atomic E-state index is 0.0340. The van der Waals surface area contributed by atoms with Crippen LogP contribution in [-0.2, 0) is 0 Å². The van der Waals surface area contributed by atoms with Gasteiger partial charge in [-0.1, -0.05) is 24.3 Å². The van der Waals surface area contributed by atoms with E-state index in [1.165, 1.54) is 0 Å². The first-order valence-corrected chi connectivity index (χ1v) is 7.40. The SMILES string of the molecule is Cc1cccc2c1OC(c1ccc(OC(C)C)cc1)CN2. The fourth-order valence-corrected chi connectivity index (χ4v) is 2.55. The zero-order chi connectivity index (χ0) is 14.8. The van der Waals surface area contributed by atoms with Crippen molar-refractivity contribution >= 4 is 5.69 Å². The number of rotatable bonds is 3. The maximum Gasteiger partial charge on any atom is 0.146 e. The zero-order valence-electron chi connectivity index (χ0n) is 12.7. The molecule has 2 aromatic rings. The Hall–Kier alpha value is -2.16. The maximum absolute atomic E-state index is 6.17. The molecular formula is C18H21NO2. The van der Waals surface area contributed by atoms with E-state index in [2.05, 4.69) is 36.5 Å². The number of hydrogen-bond donors (Lipinski definition) is 1. The van der Waals surface area contributed by atoms with Crippen LogP contribution in [-0.4, -0.2) is 12.6 Å². The highest BCUT2D eigenvalue weighted by Crippen LogP contribution is 2.36. The molecule has 0 aromatic heterocycles. The summed E-state index contributed by atoms with van der Waals surface area (Å²) in [7, 11) is 0. The van der Waals surface area contributed by atoms with Crippen molar-refractivity contribution in [2.45, 2.75) is 33.0 Å². The van der Waals surface area contributed by atoms with Crippen LogP contribution in [0.3, 0.4) is 0 Å². The van der Waals surface area contributed by atoms with Crippen LogP contribution in [0.1, 0.15) is 31.1 Å². The third-order valence-electron chi connectivity index (χ3n) is 3.57. The summed E-state index contributed by atoms with van der Waals surface area (Å²) in [4.78, 5) is 0. The van der Waals surface area contributed by atoms with Crippen LogP contribution in [0.4, 0.5) is 5.69 Å². The first-order chi connectivity index (χ1) is 10.1. The molecule has 0 aliphatic carbocycles. The Morgan fingerprint density at radius 3 is 2.62 bits per heavy atom.